The van der Waals surface area contributed by atoms with Gasteiger partial charge in [0.1, 0.15) is 11.7 Å². The molecule has 0 aliphatic heterocycles. The number of rotatable bonds is 4. The lowest BCUT2D eigenvalue weighted by atomic mass is 9.87. The Kier molecular flexibility index (Phi) is 6.55. The molecule has 6 heteroatoms. The number of imidazole rings is 1. The monoisotopic (exact) mass is 646 g/mol. The van der Waals surface area contributed by atoms with Crippen molar-refractivity contribution in [2.45, 2.75) is 33.1 Å². The van der Waals surface area contributed by atoms with Crippen LogP contribution in [0.2, 0.25) is 0 Å². The van der Waals surface area contributed by atoms with Crippen molar-refractivity contribution in [1.29, 1.82) is 5.26 Å². The van der Waals surface area contributed by atoms with Gasteiger partial charge >= 0.3 is 0 Å². The number of hydrogen-bond acceptors (Lipinski definition) is 3. The molecule has 6 nitrogen and oxygen atoms in total. The molecule has 4 heterocycles. The van der Waals surface area contributed by atoms with E-state index >= 15 is 0 Å². The van der Waals surface area contributed by atoms with Crippen LogP contribution in [0.4, 0.5) is 0 Å². The summed E-state index contributed by atoms with van der Waals surface area (Å²) in [6, 6.07) is 44.8. The highest BCUT2D eigenvalue weighted by Gasteiger charge is 2.26. The molecule has 0 bridgehead atoms. The summed E-state index contributed by atoms with van der Waals surface area (Å²) in [6.07, 6.45) is 3.81. The largest absolute Gasteiger partial charge is 0.294 e. The zero-order valence-electron chi connectivity index (χ0n) is 28.4. The molecular weight excluding hydrogens is 613 g/mol. The Labute approximate surface area is 290 Å². The summed E-state index contributed by atoms with van der Waals surface area (Å²) in [6.45, 7) is 8.81. The molecule has 0 saturated heterocycles. The number of nitrogens with zero attached hydrogens (tertiary/aromatic N) is 6. The van der Waals surface area contributed by atoms with Crippen LogP contribution in [0.3, 0.4) is 0 Å². The van der Waals surface area contributed by atoms with Crippen molar-refractivity contribution in [3.63, 3.8) is 0 Å². The second kappa shape index (κ2) is 11.0. The summed E-state index contributed by atoms with van der Waals surface area (Å²) < 4.78 is 6.40. The predicted octanol–water partition coefficient (Wildman–Crippen LogP) is 10.6. The highest BCUT2D eigenvalue weighted by atomic mass is 15.3. The van der Waals surface area contributed by atoms with Gasteiger partial charge in [0.15, 0.2) is 5.65 Å². The average Bonchev–Trinajstić information content (AvgIpc) is 3.83. The molecule has 0 amide bonds. The maximum absolute atomic E-state index is 11.0. The molecule has 4 aromatic heterocycles. The predicted molar refractivity (Wildman–Crippen MR) is 204 cm³/mol. The second-order valence-electron chi connectivity index (χ2n) is 14.0. The van der Waals surface area contributed by atoms with Gasteiger partial charge in [0.05, 0.1) is 16.6 Å². The lowest BCUT2D eigenvalue weighted by Gasteiger charge is -2.19. The molecule has 0 aliphatic rings. The first-order chi connectivity index (χ1) is 24.3. The van der Waals surface area contributed by atoms with E-state index in [2.05, 4.69) is 145 Å². The van der Waals surface area contributed by atoms with Crippen molar-refractivity contribution in [2.24, 2.45) is 0 Å². The standard InChI is InChI=1S/C44H34N6/c1-28-12-5-6-15-33(28)29-13-11-14-32(26-29)49-37-18-9-7-16-34(37)39-36(27-45)40-35-17-8-10-19-38(35)50(42(40)47-41(39)49)43-46-24-25-48(43)31-22-20-30(21-23-31)44(2,3)4/h5-26H,1-4H3. The van der Waals surface area contributed by atoms with Crippen LogP contribution in [0.15, 0.2) is 134 Å². The van der Waals surface area contributed by atoms with Gasteiger partial charge in [-0.05, 0) is 71.0 Å². The molecule has 9 rings (SSSR count). The molecule has 50 heavy (non-hydrogen) atoms. The van der Waals surface area contributed by atoms with E-state index in [-0.39, 0.29) is 5.41 Å². The zero-order chi connectivity index (χ0) is 34.1. The van der Waals surface area contributed by atoms with Crippen molar-refractivity contribution in [2.75, 3.05) is 0 Å². The Balaban J connectivity index is 1.37. The number of aryl methyl sites for hydroxylation is 1. The van der Waals surface area contributed by atoms with Crippen molar-refractivity contribution >= 4 is 43.9 Å². The third-order valence-electron chi connectivity index (χ3n) is 9.92. The van der Waals surface area contributed by atoms with Crippen molar-refractivity contribution in [3.05, 3.63) is 150 Å². The minimum atomic E-state index is 0.0457. The molecule has 9 aromatic rings. The average molecular weight is 647 g/mol. The second-order valence-corrected chi connectivity index (χ2v) is 14.0. The number of benzene rings is 5. The molecule has 0 N–H and O–H groups in total. The van der Waals surface area contributed by atoms with Crippen molar-refractivity contribution < 1.29 is 0 Å². The third kappa shape index (κ3) is 4.40. The van der Waals surface area contributed by atoms with Crippen LogP contribution in [0.1, 0.15) is 37.5 Å². The first kappa shape index (κ1) is 29.7. The Morgan fingerprint density at radius 1 is 0.660 bits per heavy atom. The molecular formula is C44H34N6. The molecule has 0 unspecified atom stereocenters. The molecule has 0 fully saturated rings. The van der Waals surface area contributed by atoms with Crippen molar-refractivity contribution in [1.82, 2.24) is 23.7 Å². The summed E-state index contributed by atoms with van der Waals surface area (Å²) in [5.41, 5.74) is 10.8. The smallest absolute Gasteiger partial charge is 0.220 e. The summed E-state index contributed by atoms with van der Waals surface area (Å²) in [5, 5.41) is 14.6. The molecule has 0 atom stereocenters. The highest BCUT2D eigenvalue weighted by Crippen LogP contribution is 2.41. The Bertz CT molecular complexity index is 2810. The van der Waals surface area contributed by atoms with Gasteiger partial charge in [-0.2, -0.15) is 5.26 Å². The van der Waals surface area contributed by atoms with Gasteiger partial charge in [0, 0.05) is 45.3 Å². The number of para-hydroxylation sites is 2. The quantitative estimate of drug-likeness (QED) is 0.191. The summed E-state index contributed by atoms with van der Waals surface area (Å²) in [5.74, 6) is 0.708. The van der Waals surface area contributed by atoms with Gasteiger partial charge in [0.25, 0.3) is 0 Å². The van der Waals surface area contributed by atoms with Crippen LogP contribution in [0.25, 0.3) is 72.3 Å². The molecule has 240 valence electrons. The van der Waals surface area contributed by atoms with E-state index in [1.165, 1.54) is 16.7 Å². The summed E-state index contributed by atoms with van der Waals surface area (Å²) in [7, 11) is 0. The third-order valence-corrected chi connectivity index (χ3v) is 9.92. The van der Waals surface area contributed by atoms with E-state index in [0.29, 0.717) is 17.2 Å². The minimum absolute atomic E-state index is 0.0457. The topological polar surface area (TPSA) is 64.4 Å². The lowest BCUT2D eigenvalue weighted by molar-refractivity contribution is 0.590. The molecule has 0 spiro atoms. The van der Waals surface area contributed by atoms with Gasteiger partial charge in [-0.1, -0.05) is 106 Å². The van der Waals surface area contributed by atoms with Crippen molar-refractivity contribution in [3.8, 4) is 34.5 Å². The van der Waals surface area contributed by atoms with E-state index in [1.807, 2.05) is 36.7 Å². The fraction of sp³-hybridized carbons (Fsp3) is 0.114. The van der Waals surface area contributed by atoms with E-state index < -0.39 is 0 Å². The van der Waals surface area contributed by atoms with Gasteiger partial charge in [0.2, 0.25) is 5.95 Å². The fourth-order valence-electron chi connectivity index (χ4n) is 7.45. The van der Waals surface area contributed by atoms with Crippen LogP contribution in [0.5, 0.6) is 0 Å². The normalized spacial score (nSPS) is 12.0. The van der Waals surface area contributed by atoms with E-state index in [9.17, 15) is 5.26 Å². The van der Waals surface area contributed by atoms with E-state index in [0.717, 1.165) is 55.2 Å². The van der Waals surface area contributed by atoms with Gasteiger partial charge < -0.3 is 0 Å². The van der Waals surface area contributed by atoms with Crippen LogP contribution in [-0.4, -0.2) is 23.7 Å². The first-order valence-electron chi connectivity index (χ1n) is 16.9. The SMILES string of the molecule is Cc1ccccc1-c1cccc(-n2c3ccccc3c3c(C#N)c4c5ccccc5n(-c5nccn5-c5ccc(C(C)(C)C)cc5)c4nc32)c1. The fourth-order valence-corrected chi connectivity index (χ4v) is 7.45. The number of hydrogen-bond donors (Lipinski definition) is 0. The van der Waals surface area contributed by atoms with E-state index in [4.69, 9.17) is 9.97 Å². The maximum Gasteiger partial charge on any atom is 0.220 e. The molecule has 0 saturated carbocycles. The number of fused-ring (bicyclic) bond motifs is 6. The van der Waals surface area contributed by atoms with Gasteiger partial charge in [-0.25, -0.2) is 9.97 Å². The van der Waals surface area contributed by atoms with E-state index in [1.54, 1.807) is 0 Å². The molecule has 0 aliphatic carbocycles. The summed E-state index contributed by atoms with van der Waals surface area (Å²) >= 11 is 0. The van der Waals surface area contributed by atoms with Crippen LogP contribution >= 0.6 is 0 Å². The summed E-state index contributed by atoms with van der Waals surface area (Å²) in [4.78, 5) is 10.4. The Hall–Kier alpha value is -6.45. The zero-order valence-corrected chi connectivity index (χ0v) is 28.4. The highest BCUT2D eigenvalue weighted by molar-refractivity contribution is 6.20. The molecule has 0 radical (unpaired) electrons. The number of aromatic nitrogens is 5. The van der Waals surface area contributed by atoms with Crippen LogP contribution < -0.4 is 0 Å². The minimum Gasteiger partial charge on any atom is -0.294 e. The van der Waals surface area contributed by atoms with Gasteiger partial charge in [-0.3, -0.25) is 13.7 Å². The number of pyridine rings is 1. The first-order valence-corrected chi connectivity index (χ1v) is 16.9. The van der Waals surface area contributed by atoms with Gasteiger partial charge in [-0.15, -0.1) is 0 Å². The maximum atomic E-state index is 11.0. The number of nitriles is 1. The lowest BCUT2D eigenvalue weighted by Crippen LogP contribution is -2.11. The van der Waals surface area contributed by atoms with Crippen LogP contribution in [-0.2, 0) is 5.41 Å². The van der Waals surface area contributed by atoms with Crippen LogP contribution in [0, 0.1) is 18.3 Å². The Morgan fingerprint density at radius 2 is 1.30 bits per heavy atom. The Morgan fingerprint density at radius 3 is 1.98 bits per heavy atom. The molecule has 5 aromatic carbocycles.